The van der Waals surface area contributed by atoms with Crippen LogP contribution in [0.3, 0.4) is 0 Å². The average Bonchev–Trinajstić information content (AvgIpc) is 2.58. The van der Waals surface area contributed by atoms with Gasteiger partial charge >= 0.3 is 0 Å². The topological polar surface area (TPSA) is 58.2 Å². The summed E-state index contributed by atoms with van der Waals surface area (Å²) >= 11 is 4.64. The van der Waals surface area contributed by atoms with Gasteiger partial charge in [0.15, 0.2) is 0 Å². The van der Waals surface area contributed by atoms with Crippen LogP contribution >= 0.6 is 27.7 Å². The van der Waals surface area contributed by atoms with Crippen LogP contribution in [-0.2, 0) is 4.79 Å². The van der Waals surface area contributed by atoms with Crippen LogP contribution in [0.1, 0.15) is 10.4 Å². The standard InChI is InChI=1S/C17H16BrFN2O2S/c18-13-3-1-12(2-4-13)17(23)21-10-9-20-16(22)11-24-15-7-5-14(19)6-8-15/h1-8H,9-11H2,(H,20,22)(H,21,23). The van der Waals surface area contributed by atoms with Gasteiger partial charge in [0.05, 0.1) is 5.75 Å². The summed E-state index contributed by atoms with van der Waals surface area (Å²) in [6.07, 6.45) is 0. The molecule has 0 aromatic heterocycles. The Morgan fingerprint density at radius 2 is 1.58 bits per heavy atom. The summed E-state index contributed by atoms with van der Waals surface area (Å²) in [6, 6.07) is 13.0. The van der Waals surface area contributed by atoms with Gasteiger partial charge in [-0.1, -0.05) is 15.9 Å². The highest BCUT2D eigenvalue weighted by atomic mass is 79.9. The third-order valence-corrected chi connectivity index (χ3v) is 4.56. The highest BCUT2D eigenvalue weighted by Crippen LogP contribution is 2.17. The fourth-order valence-corrected chi connectivity index (χ4v) is 2.80. The number of benzene rings is 2. The second kappa shape index (κ2) is 9.44. The van der Waals surface area contributed by atoms with Crippen molar-refractivity contribution in [3.63, 3.8) is 0 Å². The summed E-state index contributed by atoms with van der Waals surface area (Å²) in [5.41, 5.74) is 0.566. The van der Waals surface area contributed by atoms with Crippen molar-refractivity contribution >= 4 is 39.5 Å². The van der Waals surface area contributed by atoms with Gasteiger partial charge in [0.1, 0.15) is 5.82 Å². The number of carbonyl (C=O) groups is 2. The van der Waals surface area contributed by atoms with Crippen molar-refractivity contribution in [2.45, 2.75) is 4.90 Å². The minimum absolute atomic E-state index is 0.137. The Labute approximate surface area is 152 Å². The summed E-state index contributed by atoms with van der Waals surface area (Å²) in [4.78, 5) is 24.4. The van der Waals surface area contributed by atoms with Crippen molar-refractivity contribution in [2.75, 3.05) is 18.8 Å². The Kier molecular flexibility index (Phi) is 7.27. The maximum absolute atomic E-state index is 12.8. The van der Waals surface area contributed by atoms with E-state index in [0.29, 0.717) is 18.7 Å². The highest BCUT2D eigenvalue weighted by molar-refractivity contribution is 9.10. The molecule has 4 nitrogen and oxygen atoms in total. The van der Waals surface area contributed by atoms with Gasteiger partial charge < -0.3 is 10.6 Å². The van der Waals surface area contributed by atoms with Gasteiger partial charge in [-0.05, 0) is 48.5 Å². The lowest BCUT2D eigenvalue weighted by atomic mass is 10.2. The monoisotopic (exact) mass is 410 g/mol. The molecule has 2 N–H and O–H groups in total. The van der Waals surface area contributed by atoms with Crippen LogP contribution in [0.15, 0.2) is 57.9 Å². The van der Waals surface area contributed by atoms with E-state index in [1.165, 1.54) is 23.9 Å². The Bertz CT molecular complexity index is 693. The molecule has 0 aliphatic rings. The molecule has 2 rings (SSSR count). The lowest BCUT2D eigenvalue weighted by molar-refractivity contribution is -0.118. The molecule has 0 atom stereocenters. The van der Waals surface area contributed by atoms with E-state index in [1.807, 2.05) is 0 Å². The lowest BCUT2D eigenvalue weighted by Crippen LogP contribution is -2.35. The van der Waals surface area contributed by atoms with Crippen LogP contribution in [-0.4, -0.2) is 30.7 Å². The normalized spacial score (nSPS) is 10.2. The molecule has 0 unspecified atom stereocenters. The molecule has 126 valence electrons. The van der Waals surface area contributed by atoms with Crippen molar-refractivity contribution in [3.8, 4) is 0 Å². The van der Waals surface area contributed by atoms with E-state index in [0.717, 1.165) is 9.37 Å². The lowest BCUT2D eigenvalue weighted by Gasteiger charge is -2.07. The zero-order valence-electron chi connectivity index (χ0n) is 12.7. The van der Waals surface area contributed by atoms with Crippen molar-refractivity contribution < 1.29 is 14.0 Å². The minimum Gasteiger partial charge on any atom is -0.354 e. The van der Waals surface area contributed by atoms with Crippen LogP contribution in [0.2, 0.25) is 0 Å². The van der Waals surface area contributed by atoms with E-state index < -0.39 is 0 Å². The molecule has 0 spiro atoms. The second-order valence-electron chi connectivity index (χ2n) is 4.86. The molecule has 0 saturated carbocycles. The van der Waals surface area contributed by atoms with E-state index in [4.69, 9.17) is 0 Å². The van der Waals surface area contributed by atoms with Gasteiger partial charge in [0.25, 0.3) is 5.91 Å². The molecule has 7 heteroatoms. The number of thioether (sulfide) groups is 1. The highest BCUT2D eigenvalue weighted by Gasteiger charge is 2.05. The summed E-state index contributed by atoms with van der Waals surface area (Å²) < 4.78 is 13.7. The van der Waals surface area contributed by atoms with Crippen molar-refractivity contribution in [2.24, 2.45) is 0 Å². The molecule has 24 heavy (non-hydrogen) atoms. The number of amides is 2. The van der Waals surface area contributed by atoms with Gasteiger partial charge in [-0.3, -0.25) is 9.59 Å². The van der Waals surface area contributed by atoms with Gasteiger partial charge in [-0.15, -0.1) is 11.8 Å². The summed E-state index contributed by atoms with van der Waals surface area (Å²) in [6.45, 7) is 0.701. The first-order valence-corrected chi connectivity index (χ1v) is 9.01. The number of hydrogen-bond donors (Lipinski definition) is 2. The number of nitrogens with one attached hydrogen (secondary N) is 2. The first-order chi connectivity index (χ1) is 11.5. The largest absolute Gasteiger partial charge is 0.354 e. The van der Waals surface area contributed by atoms with Crippen molar-refractivity contribution in [1.29, 1.82) is 0 Å². The van der Waals surface area contributed by atoms with E-state index in [1.54, 1.807) is 36.4 Å². The summed E-state index contributed by atoms with van der Waals surface area (Å²) in [5, 5.41) is 5.46. The fraction of sp³-hybridized carbons (Fsp3) is 0.176. The fourth-order valence-electron chi connectivity index (χ4n) is 1.81. The second-order valence-corrected chi connectivity index (χ2v) is 6.82. The number of carbonyl (C=O) groups excluding carboxylic acids is 2. The maximum atomic E-state index is 12.8. The van der Waals surface area contributed by atoms with Crippen LogP contribution in [0, 0.1) is 5.82 Å². The molecular weight excluding hydrogens is 395 g/mol. The molecule has 2 aromatic rings. The molecular formula is C17H16BrFN2O2S. The molecule has 0 heterocycles. The quantitative estimate of drug-likeness (QED) is 0.544. The van der Waals surface area contributed by atoms with E-state index in [2.05, 4.69) is 26.6 Å². The van der Waals surface area contributed by atoms with Gasteiger partial charge in [-0.25, -0.2) is 4.39 Å². The third-order valence-electron chi connectivity index (χ3n) is 3.02. The average molecular weight is 411 g/mol. The van der Waals surface area contributed by atoms with E-state index >= 15 is 0 Å². The molecule has 0 saturated heterocycles. The molecule has 2 aromatic carbocycles. The van der Waals surface area contributed by atoms with Gasteiger partial charge in [0.2, 0.25) is 5.91 Å². The van der Waals surface area contributed by atoms with Crippen LogP contribution in [0.25, 0.3) is 0 Å². The van der Waals surface area contributed by atoms with Crippen LogP contribution in [0.5, 0.6) is 0 Å². The molecule has 0 bridgehead atoms. The Morgan fingerprint density at radius 3 is 2.25 bits per heavy atom. The molecule has 0 radical (unpaired) electrons. The number of rotatable bonds is 7. The van der Waals surface area contributed by atoms with Crippen LogP contribution < -0.4 is 10.6 Å². The smallest absolute Gasteiger partial charge is 0.251 e. The Balaban J connectivity index is 1.63. The Morgan fingerprint density at radius 1 is 0.958 bits per heavy atom. The molecule has 0 aliphatic heterocycles. The molecule has 0 aliphatic carbocycles. The first-order valence-electron chi connectivity index (χ1n) is 7.23. The maximum Gasteiger partial charge on any atom is 0.251 e. The third kappa shape index (κ3) is 6.33. The van der Waals surface area contributed by atoms with E-state index in [9.17, 15) is 14.0 Å². The Hall–Kier alpha value is -1.86. The SMILES string of the molecule is O=C(CSc1ccc(F)cc1)NCCNC(=O)c1ccc(Br)cc1. The van der Waals surface area contributed by atoms with Gasteiger partial charge in [-0.2, -0.15) is 0 Å². The van der Waals surface area contributed by atoms with Gasteiger partial charge in [0, 0.05) is 28.0 Å². The predicted octanol–water partition coefficient (Wildman–Crippen LogP) is 3.23. The number of hydrogen-bond acceptors (Lipinski definition) is 3. The van der Waals surface area contributed by atoms with Crippen molar-refractivity contribution in [1.82, 2.24) is 10.6 Å². The van der Waals surface area contributed by atoms with E-state index in [-0.39, 0.29) is 23.4 Å². The van der Waals surface area contributed by atoms with Crippen molar-refractivity contribution in [3.05, 3.63) is 64.4 Å². The molecule has 2 amide bonds. The van der Waals surface area contributed by atoms with Crippen LogP contribution in [0.4, 0.5) is 4.39 Å². The zero-order valence-corrected chi connectivity index (χ0v) is 15.1. The predicted molar refractivity (Wildman–Crippen MR) is 96.6 cm³/mol. The summed E-state index contributed by atoms with van der Waals surface area (Å²) in [7, 11) is 0. The number of halogens is 2. The minimum atomic E-state index is -0.301. The zero-order chi connectivity index (χ0) is 17.4. The molecule has 0 fully saturated rings. The first kappa shape index (κ1) is 18.5. The summed E-state index contributed by atoms with van der Waals surface area (Å²) in [5.74, 6) is -0.378.